The summed E-state index contributed by atoms with van der Waals surface area (Å²) in [6.45, 7) is 0. The lowest BCUT2D eigenvalue weighted by molar-refractivity contribution is -0.387. The zero-order chi connectivity index (χ0) is 12.3. The molecule has 0 aliphatic carbocycles. The van der Waals surface area contributed by atoms with Crippen molar-refractivity contribution < 1.29 is 9.31 Å². The monoisotopic (exact) mass is 274 g/mol. The molecule has 1 aromatic carbocycles. The first kappa shape index (κ1) is 12.5. The highest BCUT2D eigenvalue weighted by Crippen LogP contribution is 2.28. The van der Waals surface area contributed by atoms with Crippen molar-refractivity contribution in [2.75, 3.05) is 28.2 Å². The minimum absolute atomic E-state index is 0.457. The lowest BCUT2D eigenvalue weighted by Crippen LogP contribution is -2.20. The number of nitro benzene ring substituents is 1. The van der Waals surface area contributed by atoms with Gasteiger partial charge in [-0.05, 0) is 12.1 Å². The molecule has 4 nitrogen and oxygen atoms in total. The minimum Gasteiger partial charge on any atom is -0.353 e. The average Bonchev–Trinajstić information content (AvgIpc) is 2.58. The molecule has 0 bridgehead atoms. The number of anilines is 1. The normalized spacial score (nSPS) is 16.6. The second-order valence-electron chi connectivity index (χ2n) is 3.51. The largest absolute Gasteiger partial charge is 0.353 e. The highest BCUT2D eigenvalue weighted by molar-refractivity contribution is 8.03. The summed E-state index contributed by atoms with van der Waals surface area (Å²) < 4.78 is 13.2. The Labute approximate surface area is 107 Å². The Morgan fingerprint density at radius 2 is 1.94 bits per heavy atom. The van der Waals surface area contributed by atoms with E-state index in [0.717, 1.165) is 29.3 Å². The summed E-state index contributed by atoms with van der Waals surface area (Å²) in [5, 5.41) is 10.7. The third-order valence-corrected chi connectivity index (χ3v) is 4.59. The van der Waals surface area contributed by atoms with E-state index >= 15 is 0 Å². The molecule has 0 amide bonds. The molecule has 0 N–H and O–H groups in total. The van der Waals surface area contributed by atoms with Gasteiger partial charge in [0.1, 0.15) is 0 Å². The van der Waals surface area contributed by atoms with Gasteiger partial charge in [-0.15, -0.1) is 23.5 Å². The van der Waals surface area contributed by atoms with Gasteiger partial charge in [-0.2, -0.15) is 4.39 Å². The molecule has 0 radical (unpaired) electrons. The van der Waals surface area contributed by atoms with Crippen LogP contribution in [-0.2, 0) is 0 Å². The number of nitrogens with zero attached hydrogens (tertiary/aromatic N) is 2. The molecule has 0 atom stereocenters. The van der Waals surface area contributed by atoms with Crippen molar-refractivity contribution >= 4 is 34.9 Å². The summed E-state index contributed by atoms with van der Waals surface area (Å²) in [5.41, 5.74) is 0.252. The molecule has 1 heterocycles. The number of nitro groups is 1. The standard InChI is InChI=1S/C10H11FN2O2S2/c11-9-2-1-8(5-10(9)13(14)15)12-6-16-3-4-17-7-12/h1-2,5H,3-4,6-7H2. The number of halogens is 1. The molecular formula is C10H11FN2O2S2. The third-order valence-electron chi connectivity index (χ3n) is 2.36. The van der Waals surface area contributed by atoms with Crippen LogP contribution in [0.4, 0.5) is 15.8 Å². The minimum atomic E-state index is -0.783. The van der Waals surface area contributed by atoms with E-state index in [2.05, 4.69) is 0 Å². The molecule has 1 saturated heterocycles. The van der Waals surface area contributed by atoms with Gasteiger partial charge in [0, 0.05) is 23.3 Å². The Balaban J connectivity index is 2.25. The fourth-order valence-electron chi connectivity index (χ4n) is 1.49. The van der Waals surface area contributed by atoms with E-state index in [9.17, 15) is 14.5 Å². The maximum Gasteiger partial charge on any atom is 0.306 e. The summed E-state index contributed by atoms with van der Waals surface area (Å²) >= 11 is 3.56. The summed E-state index contributed by atoms with van der Waals surface area (Å²) in [6.07, 6.45) is 0. The van der Waals surface area contributed by atoms with Crippen molar-refractivity contribution in [1.29, 1.82) is 0 Å². The molecule has 7 heteroatoms. The molecule has 1 fully saturated rings. The number of hydrogen-bond donors (Lipinski definition) is 0. The van der Waals surface area contributed by atoms with Crippen LogP contribution in [-0.4, -0.2) is 28.2 Å². The van der Waals surface area contributed by atoms with Gasteiger partial charge in [0.2, 0.25) is 5.82 Å². The van der Waals surface area contributed by atoms with Gasteiger partial charge in [0.15, 0.2) is 0 Å². The van der Waals surface area contributed by atoms with Gasteiger partial charge >= 0.3 is 5.69 Å². The van der Waals surface area contributed by atoms with Crippen LogP contribution in [0.15, 0.2) is 18.2 Å². The van der Waals surface area contributed by atoms with E-state index in [-0.39, 0.29) is 0 Å². The Kier molecular flexibility index (Phi) is 4.11. The van der Waals surface area contributed by atoms with Gasteiger partial charge in [0.25, 0.3) is 0 Å². The van der Waals surface area contributed by atoms with Crippen molar-refractivity contribution in [1.82, 2.24) is 0 Å². The number of benzene rings is 1. The number of hydrogen-bond acceptors (Lipinski definition) is 5. The smallest absolute Gasteiger partial charge is 0.306 e. The predicted octanol–water partition coefficient (Wildman–Crippen LogP) is 2.94. The fraction of sp³-hybridized carbons (Fsp3) is 0.400. The highest BCUT2D eigenvalue weighted by atomic mass is 32.2. The van der Waals surface area contributed by atoms with E-state index in [0.29, 0.717) is 5.69 Å². The molecule has 17 heavy (non-hydrogen) atoms. The van der Waals surface area contributed by atoms with E-state index < -0.39 is 16.4 Å². The van der Waals surface area contributed by atoms with Crippen LogP contribution in [0.5, 0.6) is 0 Å². The molecular weight excluding hydrogens is 263 g/mol. The molecule has 0 saturated carbocycles. The fourth-order valence-corrected chi connectivity index (χ4v) is 3.73. The topological polar surface area (TPSA) is 46.4 Å². The van der Waals surface area contributed by atoms with Crippen LogP contribution in [0, 0.1) is 15.9 Å². The molecule has 0 spiro atoms. The van der Waals surface area contributed by atoms with Crippen molar-refractivity contribution in [2.45, 2.75) is 0 Å². The van der Waals surface area contributed by atoms with E-state index in [1.807, 2.05) is 4.90 Å². The summed E-state index contributed by atoms with van der Waals surface area (Å²) in [6, 6.07) is 4.06. The third kappa shape index (κ3) is 3.04. The molecule has 0 unspecified atom stereocenters. The molecule has 92 valence electrons. The molecule has 1 aliphatic heterocycles. The quantitative estimate of drug-likeness (QED) is 0.613. The maximum atomic E-state index is 13.2. The Bertz CT molecular complexity index is 423. The Hall–Kier alpha value is -0.950. The zero-order valence-corrected chi connectivity index (χ0v) is 10.6. The van der Waals surface area contributed by atoms with Crippen LogP contribution in [0.3, 0.4) is 0 Å². The van der Waals surface area contributed by atoms with Crippen molar-refractivity contribution in [3.63, 3.8) is 0 Å². The number of rotatable bonds is 2. The summed E-state index contributed by atoms with van der Waals surface area (Å²) in [5.74, 6) is 2.94. The highest BCUT2D eigenvalue weighted by Gasteiger charge is 2.18. The summed E-state index contributed by atoms with van der Waals surface area (Å²) in [4.78, 5) is 12.0. The van der Waals surface area contributed by atoms with Crippen molar-refractivity contribution in [3.05, 3.63) is 34.1 Å². The van der Waals surface area contributed by atoms with Gasteiger partial charge in [-0.1, -0.05) is 0 Å². The van der Waals surface area contributed by atoms with Crippen LogP contribution in [0.2, 0.25) is 0 Å². The van der Waals surface area contributed by atoms with Gasteiger partial charge in [-0.25, -0.2) is 0 Å². The predicted molar refractivity (Wildman–Crippen MR) is 70.2 cm³/mol. The van der Waals surface area contributed by atoms with Crippen LogP contribution in [0.25, 0.3) is 0 Å². The molecule has 0 aromatic heterocycles. The Morgan fingerprint density at radius 3 is 2.53 bits per heavy atom. The second-order valence-corrected chi connectivity index (χ2v) is 5.66. The zero-order valence-electron chi connectivity index (χ0n) is 8.97. The Morgan fingerprint density at radius 1 is 1.29 bits per heavy atom. The lowest BCUT2D eigenvalue weighted by Gasteiger charge is -2.21. The van der Waals surface area contributed by atoms with Crippen molar-refractivity contribution in [3.8, 4) is 0 Å². The van der Waals surface area contributed by atoms with Crippen molar-refractivity contribution in [2.24, 2.45) is 0 Å². The first-order chi connectivity index (χ1) is 8.18. The first-order valence-electron chi connectivity index (χ1n) is 5.03. The van der Waals surface area contributed by atoms with E-state index in [1.165, 1.54) is 6.07 Å². The SMILES string of the molecule is O=[N+]([O-])c1cc(N2CSCCSC2)ccc1F. The number of thioether (sulfide) groups is 2. The molecule has 2 rings (SSSR count). The summed E-state index contributed by atoms with van der Waals surface area (Å²) in [7, 11) is 0. The second kappa shape index (κ2) is 5.59. The molecule has 1 aromatic rings. The van der Waals surface area contributed by atoms with E-state index in [1.54, 1.807) is 29.6 Å². The van der Waals surface area contributed by atoms with E-state index in [4.69, 9.17) is 0 Å². The van der Waals surface area contributed by atoms with Gasteiger partial charge < -0.3 is 4.90 Å². The first-order valence-corrected chi connectivity index (χ1v) is 7.34. The average molecular weight is 274 g/mol. The van der Waals surface area contributed by atoms with Crippen LogP contribution < -0.4 is 4.90 Å². The van der Waals surface area contributed by atoms with Crippen LogP contribution in [0.1, 0.15) is 0 Å². The van der Waals surface area contributed by atoms with Crippen LogP contribution >= 0.6 is 23.5 Å². The van der Waals surface area contributed by atoms with Gasteiger partial charge in [-0.3, -0.25) is 10.1 Å². The van der Waals surface area contributed by atoms with Gasteiger partial charge in [0.05, 0.1) is 16.7 Å². The lowest BCUT2D eigenvalue weighted by atomic mass is 10.2. The maximum absolute atomic E-state index is 13.2. The molecule has 1 aliphatic rings.